The molecule has 0 aliphatic carbocycles. The molecule has 4 rings (SSSR count). The lowest BCUT2D eigenvalue weighted by atomic mass is 9.70. The molecule has 0 amide bonds. The maximum atomic E-state index is 7.08. The summed E-state index contributed by atoms with van der Waals surface area (Å²) in [6.45, 7) is 11.1. The zero-order valence-corrected chi connectivity index (χ0v) is 19.6. The van der Waals surface area contributed by atoms with Gasteiger partial charge in [0.1, 0.15) is 5.75 Å². The summed E-state index contributed by atoms with van der Waals surface area (Å²) in [7, 11) is 0. The van der Waals surface area contributed by atoms with E-state index in [1.54, 1.807) is 0 Å². The summed E-state index contributed by atoms with van der Waals surface area (Å²) < 4.78 is 7.08. The highest BCUT2D eigenvalue weighted by molar-refractivity contribution is 5.51. The van der Waals surface area contributed by atoms with Gasteiger partial charge in [-0.2, -0.15) is 0 Å². The molecule has 0 saturated carbocycles. The minimum atomic E-state index is -0.253. The summed E-state index contributed by atoms with van der Waals surface area (Å²) in [6.07, 6.45) is 0. The molecule has 0 spiro atoms. The molecule has 0 saturated heterocycles. The smallest absolute Gasteiger partial charge is 0.293 e. The van der Waals surface area contributed by atoms with Gasteiger partial charge in [0, 0.05) is 10.8 Å². The Labute approximate surface area is 193 Å². The summed E-state index contributed by atoms with van der Waals surface area (Å²) in [5.74, 6) is 0.553. The Kier molecular flexibility index (Phi) is 5.35. The van der Waals surface area contributed by atoms with Gasteiger partial charge in [0.25, 0.3) is 1.43 Å². The Morgan fingerprint density at radius 2 is 0.812 bits per heavy atom. The van der Waals surface area contributed by atoms with E-state index in [0.29, 0.717) is 5.75 Å². The van der Waals surface area contributed by atoms with Crippen LogP contribution in [0.5, 0.6) is 5.75 Å². The van der Waals surface area contributed by atoms with Crippen LogP contribution < -0.4 is 0 Å². The van der Waals surface area contributed by atoms with Crippen LogP contribution in [0.15, 0.2) is 97.1 Å². The SMILES string of the molecule is [2H]Oc1ccc(C(C)(C)c2ccc(C(C)(c3ccc(C)cc3)c3ccc(C)cc3)cc2)cc1. The van der Waals surface area contributed by atoms with Crippen molar-refractivity contribution in [2.45, 2.75) is 45.4 Å². The van der Waals surface area contributed by atoms with Crippen LogP contribution in [0, 0.1) is 13.8 Å². The minimum Gasteiger partial charge on any atom is -0.508 e. The van der Waals surface area contributed by atoms with Crippen LogP contribution >= 0.6 is 0 Å². The van der Waals surface area contributed by atoms with Crippen LogP contribution in [0.3, 0.4) is 0 Å². The molecule has 1 nitrogen and oxygen atoms in total. The lowest BCUT2D eigenvalue weighted by Crippen LogP contribution is -2.26. The maximum Gasteiger partial charge on any atom is 0.293 e. The average Bonchev–Trinajstić information content (AvgIpc) is 2.84. The molecule has 0 fully saturated rings. The first-order chi connectivity index (χ1) is 15.7. The van der Waals surface area contributed by atoms with Crippen LogP contribution in [0.4, 0.5) is 0 Å². The van der Waals surface area contributed by atoms with Crippen molar-refractivity contribution in [3.05, 3.63) is 136 Å². The van der Waals surface area contributed by atoms with Gasteiger partial charge < -0.3 is 5.11 Å². The van der Waals surface area contributed by atoms with Crippen molar-refractivity contribution in [3.8, 4) is 5.75 Å². The second-order valence-electron chi connectivity index (χ2n) is 9.58. The molecule has 0 unspecified atom stereocenters. The highest BCUT2D eigenvalue weighted by Crippen LogP contribution is 2.40. The standard InChI is InChI=1S/C31H32O/c1-22-6-10-26(11-7-22)31(5,27-12-8-23(2)9-13-27)28-16-14-24(15-17-28)30(3,4)25-18-20-29(32)21-19-25/h6-21,32H,1-5H3/i/hD. The van der Waals surface area contributed by atoms with Crippen LogP contribution in [0.25, 0.3) is 0 Å². The van der Waals surface area contributed by atoms with Crippen molar-refractivity contribution in [1.82, 2.24) is 0 Å². The van der Waals surface area contributed by atoms with E-state index in [1.807, 2.05) is 24.3 Å². The van der Waals surface area contributed by atoms with Gasteiger partial charge in [-0.1, -0.05) is 110 Å². The van der Waals surface area contributed by atoms with E-state index in [4.69, 9.17) is 1.43 Å². The molecule has 0 radical (unpaired) electrons. The number of hydrogen-bond donors (Lipinski definition) is 1. The number of hydrogen-bond acceptors (Lipinski definition) is 1. The Morgan fingerprint density at radius 1 is 0.500 bits per heavy atom. The fourth-order valence-corrected chi connectivity index (χ4v) is 4.53. The van der Waals surface area contributed by atoms with Gasteiger partial charge in [0.15, 0.2) is 0 Å². The highest BCUT2D eigenvalue weighted by atomic mass is 16.3. The van der Waals surface area contributed by atoms with E-state index in [-0.39, 0.29) is 10.8 Å². The topological polar surface area (TPSA) is 20.2 Å². The summed E-state index contributed by atoms with van der Waals surface area (Å²) in [5, 5.41) is 4.59. The molecule has 0 heterocycles. The normalized spacial score (nSPS) is 12.3. The van der Waals surface area contributed by atoms with Crippen molar-refractivity contribution < 1.29 is 5.11 Å². The summed E-state index contributed by atoms with van der Waals surface area (Å²) in [6, 6.07) is 34.7. The first-order valence-corrected chi connectivity index (χ1v) is 11.2. The molecule has 162 valence electrons. The second kappa shape index (κ2) is 8.31. The van der Waals surface area contributed by atoms with Crippen LogP contribution in [-0.4, -0.2) is 6.54 Å². The molecule has 0 atom stereocenters. The lowest BCUT2D eigenvalue weighted by molar-refractivity contribution is 0.474. The molecule has 4 aromatic carbocycles. The third kappa shape index (κ3) is 3.96. The van der Waals surface area contributed by atoms with Crippen molar-refractivity contribution in [2.24, 2.45) is 0 Å². The number of aromatic hydroxyl groups is 1. The summed E-state index contributed by atoms with van der Waals surface area (Å²) in [4.78, 5) is 0. The van der Waals surface area contributed by atoms with Crippen LogP contribution in [-0.2, 0) is 10.8 Å². The number of aryl methyl sites for hydroxylation is 2. The Bertz CT molecular complexity index is 1160. The van der Waals surface area contributed by atoms with Gasteiger partial charge in [-0.3, -0.25) is 0 Å². The molecule has 0 aliphatic heterocycles. The van der Waals surface area contributed by atoms with Gasteiger partial charge in [-0.15, -0.1) is 0 Å². The predicted molar refractivity (Wildman–Crippen MR) is 135 cm³/mol. The monoisotopic (exact) mass is 421 g/mol. The van der Waals surface area contributed by atoms with E-state index in [1.165, 1.54) is 38.9 Å². The van der Waals surface area contributed by atoms with Gasteiger partial charge in [0.2, 0.25) is 0 Å². The lowest BCUT2D eigenvalue weighted by Gasteiger charge is -2.33. The molecule has 0 aromatic heterocycles. The number of benzene rings is 4. The highest BCUT2D eigenvalue weighted by Gasteiger charge is 2.32. The van der Waals surface area contributed by atoms with Crippen molar-refractivity contribution in [1.29, 1.82) is 1.43 Å². The number of phenols is 1. The Balaban J connectivity index is 1.77. The first kappa shape index (κ1) is 20.6. The van der Waals surface area contributed by atoms with E-state index in [0.717, 1.165) is 0 Å². The molecule has 1 N–H and O–H groups in total. The number of phenolic OH excluding ortho intramolecular Hbond substituents is 1. The first-order valence-electron chi connectivity index (χ1n) is 11.6. The molecule has 4 aromatic rings. The van der Waals surface area contributed by atoms with Crippen molar-refractivity contribution >= 4 is 0 Å². The van der Waals surface area contributed by atoms with E-state index in [9.17, 15) is 0 Å². The Morgan fingerprint density at radius 3 is 1.19 bits per heavy atom. The van der Waals surface area contributed by atoms with E-state index < -0.39 is 0 Å². The van der Waals surface area contributed by atoms with Crippen molar-refractivity contribution in [3.63, 3.8) is 0 Å². The van der Waals surface area contributed by atoms with Gasteiger partial charge >= 0.3 is 0 Å². The maximum absolute atomic E-state index is 7.08. The van der Waals surface area contributed by atoms with Gasteiger partial charge in [-0.05, 0) is 60.7 Å². The minimum absolute atomic E-state index is 0.163. The second-order valence-corrected chi connectivity index (χ2v) is 9.58. The third-order valence-corrected chi connectivity index (χ3v) is 7.02. The van der Waals surface area contributed by atoms with Gasteiger partial charge in [0.05, 0.1) is 0 Å². The molecule has 0 bridgehead atoms. The van der Waals surface area contributed by atoms with Crippen molar-refractivity contribution in [2.75, 3.05) is 0 Å². The van der Waals surface area contributed by atoms with Gasteiger partial charge in [-0.25, -0.2) is 0 Å². The molecule has 1 heteroatoms. The van der Waals surface area contributed by atoms with E-state index >= 15 is 0 Å². The molecule has 32 heavy (non-hydrogen) atoms. The molecular weight excluding hydrogens is 388 g/mol. The Hall–Kier alpha value is -3.32. The summed E-state index contributed by atoms with van der Waals surface area (Å²) >= 11 is 0. The number of rotatable bonds is 6. The zero-order valence-electron chi connectivity index (χ0n) is 20.6. The van der Waals surface area contributed by atoms with Crippen LogP contribution in [0.1, 0.15) is 59.7 Å². The molecular formula is C31H32O. The average molecular weight is 422 g/mol. The van der Waals surface area contributed by atoms with Crippen LogP contribution in [0.2, 0.25) is 0 Å². The largest absolute Gasteiger partial charge is 0.508 e. The zero-order chi connectivity index (χ0) is 23.6. The fourth-order valence-electron chi connectivity index (χ4n) is 4.53. The quantitative estimate of drug-likeness (QED) is 0.316. The molecule has 0 aliphatic rings. The predicted octanol–water partition coefficient (Wildman–Crippen LogP) is 7.69. The van der Waals surface area contributed by atoms with E-state index in [2.05, 4.69) is 113 Å². The third-order valence-electron chi connectivity index (χ3n) is 7.02. The fraction of sp³-hybridized carbons (Fsp3) is 0.226. The summed E-state index contributed by atoms with van der Waals surface area (Å²) in [5.41, 5.74) is 8.41.